The maximum absolute atomic E-state index is 12.4. The van der Waals surface area contributed by atoms with Crippen LogP contribution >= 0.6 is 0 Å². The van der Waals surface area contributed by atoms with Crippen LogP contribution in [0.15, 0.2) is 24.3 Å². The first kappa shape index (κ1) is 17.9. The highest BCUT2D eigenvalue weighted by Crippen LogP contribution is 2.12. The molecule has 1 unspecified atom stereocenters. The van der Waals surface area contributed by atoms with E-state index in [1.165, 1.54) is 0 Å². The molecule has 1 fully saturated rings. The molecule has 0 saturated carbocycles. The summed E-state index contributed by atoms with van der Waals surface area (Å²) in [6.07, 6.45) is 0. The number of benzene rings is 1. The van der Waals surface area contributed by atoms with Crippen LogP contribution in [0, 0.1) is 0 Å². The van der Waals surface area contributed by atoms with Crippen molar-refractivity contribution in [2.75, 3.05) is 44.6 Å². The summed E-state index contributed by atoms with van der Waals surface area (Å²) in [5.74, 6) is -0.238. The molecular weight excluding hydrogens is 308 g/mol. The quantitative estimate of drug-likeness (QED) is 0.632. The molecule has 3 amide bonds. The third-order valence-electron chi connectivity index (χ3n) is 4.07. The van der Waals surface area contributed by atoms with Gasteiger partial charge in [-0.25, -0.2) is 0 Å². The van der Waals surface area contributed by atoms with Gasteiger partial charge in [0, 0.05) is 24.3 Å². The summed E-state index contributed by atoms with van der Waals surface area (Å²) < 4.78 is 0. The molecule has 1 saturated heterocycles. The predicted octanol–water partition coefficient (Wildman–Crippen LogP) is -0.878. The van der Waals surface area contributed by atoms with Crippen LogP contribution in [0.5, 0.6) is 0 Å². The Morgan fingerprint density at radius 1 is 1.29 bits per heavy atom. The van der Waals surface area contributed by atoms with E-state index in [1.807, 2.05) is 13.8 Å². The van der Waals surface area contributed by atoms with Gasteiger partial charge in [-0.2, -0.15) is 0 Å². The van der Waals surface area contributed by atoms with Crippen molar-refractivity contribution in [2.45, 2.75) is 13.8 Å². The number of carbonyl (C=O) groups is 3. The van der Waals surface area contributed by atoms with Crippen molar-refractivity contribution in [2.24, 2.45) is 0 Å². The second-order valence-corrected chi connectivity index (χ2v) is 5.81. The maximum atomic E-state index is 12.4. The zero-order chi connectivity index (χ0) is 17.5. The van der Waals surface area contributed by atoms with Crippen molar-refractivity contribution in [3.63, 3.8) is 0 Å². The minimum absolute atomic E-state index is 0.0316. The van der Waals surface area contributed by atoms with E-state index in [9.17, 15) is 14.4 Å². The lowest BCUT2D eigenvalue weighted by molar-refractivity contribution is -0.885. The molecule has 130 valence electrons. The van der Waals surface area contributed by atoms with Crippen LogP contribution in [0.25, 0.3) is 0 Å². The minimum Gasteiger partial charge on any atom is -0.346 e. The summed E-state index contributed by atoms with van der Waals surface area (Å²) in [4.78, 5) is 38.5. The molecule has 0 aromatic heterocycles. The number of carbonyl (C=O) groups excluding carboxylic acids is 3. The summed E-state index contributed by atoms with van der Waals surface area (Å²) >= 11 is 0. The van der Waals surface area contributed by atoms with Crippen LogP contribution in [0.1, 0.15) is 24.2 Å². The van der Waals surface area contributed by atoms with Gasteiger partial charge < -0.3 is 20.4 Å². The van der Waals surface area contributed by atoms with Crippen LogP contribution < -0.4 is 15.5 Å². The fourth-order valence-electron chi connectivity index (χ4n) is 2.76. The third-order valence-corrected chi connectivity index (χ3v) is 4.07. The second kappa shape index (κ2) is 8.44. The Hall–Kier alpha value is -2.41. The highest BCUT2D eigenvalue weighted by atomic mass is 16.2. The second-order valence-electron chi connectivity index (χ2n) is 5.81. The molecule has 1 heterocycles. The number of rotatable bonds is 6. The normalized spacial score (nSPS) is 17.1. The molecule has 1 atom stereocenters. The predicted molar refractivity (Wildman–Crippen MR) is 90.9 cm³/mol. The Morgan fingerprint density at radius 2 is 2.04 bits per heavy atom. The number of amides is 3. The molecule has 0 aliphatic carbocycles. The van der Waals surface area contributed by atoms with Gasteiger partial charge in [-0.15, -0.1) is 0 Å². The zero-order valence-electron chi connectivity index (χ0n) is 14.2. The standard InChI is InChI=1S/C17H24N4O3/c1-3-21(4-2)17(24)13-6-5-7-14(10-13)19-16(23)12-20-9-8-18-15(22)11-20/h5-7,10H,3-4,8-9,11-12H2,1-2H3,(H,18,22)(H,19,23)/p+1. The Bertz CT molecular complexity index is 614. The average Bonchev–Trinajstić information content (AvgIpc) is 2.56. The molecule has 0 radical (unpaired) electrons. The van der Waals surface area contributed by atoms with Gasteiger partial charge in [0.1, 0.15) is 0 Å². The molecule has 7 heteroatoms. The van der Waals surface area contributed by atoms with Gasteiger partial charge >= 0.3 is 0 Å². The first-order valence-electron chi connectivity index (χ1n) is 8.33. The van der Waals surface area contributed by atoms with E-state index in [-0.39, 0.29) is 24.3 Å². The van der Waals surface area contributed by atoms with Crippen molar-refractivity contribution < 1.29 is 19.3 Å². The monoisotopic (exact) mass is 333 g/mol. The van der Waals surface area contributed by atoms with Crippen molar-refractivity contribution in [3.8, 4) is 0 Å². The molecule has 1 aliphatic heterocycles. The smallest absolute Gasteiger partial charge is 0.279 e. The Balaban J connectivity index is 1.97. The van der Waals surface area contributed by atoms with E-state index in [1.54, 1.807) is 29.2 Å². The maximum Gasteiger partial charge on any atom is 0.279 e. The summed E-state index contributed by atoms with van der Waals surface area (Å²) in [5.41, 5.74) is 1.15. The first-order chi connectivity index (χ1) is 11.5. The van der Waals surface area contributed by atoms with Gasteiger partial charge in [0.2, 0.25) is 0 Å². The number of hydrogen-bond donors (Lipinski definition) is 3. The van der Waals surface area contributed by atoms with Crippen LogP contribution in [0.2, 0.25) is 0 Å². The number of nitrogens with zero attached hydrogens (tertiary/aromatic N) is 1. The molecule has 0 spiro atoms. The molecule has 0 bridgehead atoms. The van der Waals surface area contributed by atoms with Crippen LogP contribution in [-0.2, 0) is 9.59 Å². The average molecular weight is 333 g/mol. The summed E-state index contributed by atoms with van der Waals surface area (Å²) in [6.45, 7) is 7.04. The van der Waals surface area contributed by atoms with E-state index in [2.05, 4.69) is 10.6 Å². The van der Waals surface area contributed by atoms with Crippen molar-refractivity contribution in [1.29, 1.82) is 0 Å². The molecular formula is C17H25N4O3+. The van der Waals surface area contributed by atoms with E-state index < -0.39 is 0 Å². The number of hydrogen-bond acceptors (Lipinski definition) is 3. The SMILES string of the molecule is CCN(CC)C(=O)c1cccc(NC(=O)C[NH+]2CCNC(=O)C2)c1. The van der Waals surface area contributed by atoms with Crippen molar-refractivity contribution in [1.82, 2.24) is 10.2 Å². The third kappa shape index (κ3) is 4.79. The van der Waals surface area contributed by atoms with Crippen molar-refractivity contribution in [3.05, 3.63) is 29.8 Å². The van der Waals surface area contributed by atoms with E-state index >= 15 is 0 Å². The van der Waals surface area contributed by atoms with Gasteiger partial charge in [0.05, 0.1) is 13.1 Å². The van der Waals surface area contributed by atoms with Crippen LogP contribution in [0.4, 0.5) is 5.69 Å². The number of anilines is 1. The molecule has 7 nitrogen and oxygen atoms in total. The number of quaternary nitrogens is 1. The Labute approximate surface area is 142 Å². The van der Waals surface area contributed by atoms with E-state index in [0.717, 1.165) is 11.4 Å². The van der Waals surface area contributed by atoms with E-state index in [0.29, 0.717) is 37.4 Å². The molecule has 3 N–H and O–H groups in total. The fourth-order valence-corrected chi connectivity index (χ4v) is 2.76. The Kier molecular flexibility index (Phi) is 6.31. The summed E-state index contributed by atoms with van der Waals surface area (Å²) in [7, 11) is 0. The van der Waals surface area contributed by atoms with Gasteiger partial charge in [-0.3, -0.25) is 14.4 Å². The Morgan fingerprint density at radius 3 is 2.71 bits per heavy atom. The molecule has 2 rings (SSSR count). The molecule has 24 heavy (non-hydrogen) atoms. The molecule has 1 aromatic carbocycles. The van der Waals surface area contributed by atoms with Gasteiger partial charge in [-0.1, -0.05) is 6.07 Å². The zero-order valence-corrected chi connectivity index (χ0v) is 14.2. The van der Waals surface area contributed by atoms with Gasteiger partial charge in [-0.05, 0) is 32.0 Å². The summed E-state index contributed by atoms with van der Waals surface area (Å²) in [6, 6.07) is 6.95. The van der Waals surface area contributed by atoms with E-state index in [4.69, 9.17) is 0 Å². The fraction of sp³-hybridized carbons (Fsp3) is 0.471. The molecule has 1 aromatic rings. The van der Waals surface area contributed by atoms with Gasteiger partial charge in [0.25, 0.3) is 17.7 Å². The summed E-state index contributed by atoms with van der Waals surface area (Å²) in [5, 5.41) is 5.55. The topological polar surface area (TPSA) is 82.9 Å². The lowest BCUT2D eigenvalue weighted by Crippen LogP contribution is -3.16. The molecule has 1 aliphatic rings. The van der Waals surface area contributed by atoms with Crippen molar-refractivity contribution >= 4 is 23.4 Å². The lowest BCUT2D eigenvalue weighted by atomic mass is 10.1. The lowest BCUT2D eigenvalue weighted by Gasteiger charge is -2.23. The van der Waals surface area contributed by atoms with Crippen LogP contribution in [-0.4, -0.2) is 61.9 Å². The number of nitrogens with one attached hydrogen (secondary N) is 3. The largest absolute Gasteiger partial charge is 0.346 e. The van der Waals surface area contributed by atoms with Gasteiger partial charge in [0.15, 0.2) is 13.1 Å². The highest BCUT2D eigenvalue weighted by Gasteiger charge is 2.22. The van der Waals surface area contributed by atoms with Crippen LogP contribution in [0.3, 0.4) is 0 Å². The first-order valence-corrected chi connectivity index (χ1v) is 8.33. The minimum atomic E-state index is -0.160. The number of piperazine rings is 1. The highest BCUT2D eigenvalue weighted by molar-refractivity contribution is 5.97.